The van der Waals surface area contributed by atoms with Crippen molar-refractivity contribution >= 4 is 29.1 Å². The summed E-state index contributed by atoms with van der Waals surface area (Å²) in [7, 11) is 0. The van der Waals surface area contributed by atoms with E-state index in [0.717, 1.165) is 5.69 Å². The van der Waals surface area contributed by atoms with Gasteiger partial charge in [-0.3, -0.25) is 14.4 Å². The van der Waals surface area contributed by atoms with Gasteiger partial charge in [-0.25, -0.2) is 0 Å². The molecule has 0 atom stereocenters. The molecule has 7 nitrogen and oxygen atoms in total. The molecule has 3 amide bonds. The lowest BCUT2D eigenvalue weighted by molar-refractivity contribution is -0.125. The molecule has 2 aromatic rings. The fourth-order valence-corrected chi connectivity index (χ4v) is 3.54. The number of hydrogen-bond donors (Lipinski definition) is 1. The number of hydrogen-bond acceptors (Lipinski definition) is 4. The third kappa shape index (κ3) is 2.96. The summed E-state index contributed by atoms with van der Waals surface area (Å²) in [6, 6.07) is 10.6. The lowest BCUT2D eigenvalue weighted by Gasteiger charge is -2.35. The number of fused-ring (bicyclic) bond motifs is 1. The van der Waals surface area contributed by atoms with Crippen LogP contribution in [0.5, 0.6) is 0 Å². The van der Waals surface area contributed by atoms with Gasteiger partial charge < -0.3 is 19.5 Å². The number of anilines is 2. The Labute approximate surface area is 150 Å². The van der Waals surface area contributed by atoms with E-state index in [9.17, 15) is 14.4 Å². The summed E-state index contributed by atoms with van der Waals surface area (Å²) in [5.74, 6) is -0.283. The monoisotopic (exact) mass is 353 g/mol. The number of furan rings is 1. The molecule has 134 valence electrons. The van der Waals surface area contributed by atoms with Gasteiger partial charge in [0.05, 0.1) is 17.6 Å². The van der Waals surface area contributed by atoms with Crippen molar-refractivity contribution in [2.75, 3.05) is 29.9 Å². The molecule has 26 heavy (non-hydrogen) atoms. The van der Waals surface area contributed by atoms with Crippen molar-refractivity contribution < 1.29 is 18.8 Å². The fraction of sp³-hybridized carbons (Fsp3) is 0.316. The maximum absolute atomic E-state index is 13.0. The van der Waals surface area contributed by atoms with Crippen molar-refractivity contribution in [2.24, 2.45) is 5.92 Å². The van der Waals surface area contributed by atoms with Crippen LogP contribution in [-0.2, 0) is 9.59 Å². The van der Waals surface area contributed by atoms with Crippen LogP contribution in [0.1, 0.15) is 23.4 Å². The Balaban J connectivity index is 1.44. The van der Waals surface area contributed by atoms with Gasteiger partial charge in [0.2, 0.25) is 11.8 Å². The van der Waals surface area contributed by atoms with Crippen LogP contribution in [-0.4, -0.2) is 42.3 Å². The van der Waals surface area contributed by atoms with Crippen molar-refractivity contribution in [1.29, 1.82) is 0 Å². The molecular weight excluding hydrogens is 334 g/mol. The number of para-hydroxylation sites is 2. The van der Waals surface area contributed by atoms with Crippen molar-refractivity contribution in [3.05, 3.63) is 48.4 Å². The van der Waals surface area contributed by atoms with E-state index >= 15 is 0 Å². The molecular formula is C19H19N3O4. The van der Waals surface area contributed by atoms with E-state index in [2.05, 4.69) is 5.32 Å². The van der Waals surface area contributed by atoms with E-state index in [-0.39, 0.29) is 30.2 Å². The number of benzene rings is 1. The molecule has 7 heteroatoms. The zero-order valence-electron chi connectivity index (χ0n) is 14.2. The molecule has 1 N–H and O–H groups in total. The number of amides is 3. The van der Waals surface area contributed by atoms with Crippen LogP contribution < -0.4 is 10.2 Å². The van der Waals surface area contributed by atoms with Crippen LogP contribution >= 0.6 is 0 Å². The van der Waals surface area contributed by atoms with E-state index in [1.165, 1.54) is 6.26 Å². The lowest BCUT2D eigenvalue weighted by Crippen LogP contribution is -2.48. The summed E-state index contributed by atoms with van der Waals surface area (Å²) in [6.07, 6.45) is 2.62. The zero-order chi connectivity index (χ0) is 18.1. The van der Waals surface area contributed by atoms with Gasteiger partial charge in [-0.15, -0.1) is 0 Å². The van der Waals surface area contributed by atoms with E-state index < -0.39 is 0 Å². The van der Waals surface area contributed by atoms with Crippen LogP contribution in [0.3, 0.4) is 0 Å². The van der Waals surface area contributed by atoms with E-state index in [1.54, 1.807) is 28.0 Å². The number of carbonyl (C=O) groups is 3. The second kappa shape index (κ2) is 6.67. The van der Waals surface area contributed by atoms with Gasteiger partial charge in [0.25, 0.3) is 5.91 Å². The molecule has 1 saturated heterocycles. The molecule has 0 radical (unpaired) electrons. The summed E-state index contributed by atoms with van der Waals surface area (Å²) in [4.78, 5) is 40.5. The molecule has 3 heterocycles. The third-order valence-electron chi connectivity index (χ3n) is 4.90. The maximum Gasteiger partial charge on any atom is 0.289 e. The van der Waals surface area contributed by atoms with Crippen LogP contribution in [0, 0.1) is 5.92 Å². The second-order valence-corrected chi connectivity index (χ2v) is 6.53. The lowest BCUT2D eigenvalue weighted by atomic mass is 9.94. The SMILES string of the molecule is O=C1CN(C(=O)C2CCN(C(=O)c3ccco3)CC2)c2ccccc2N1. The van der Waals surface area contributed by atoms with Crippen LogP contribution in [0.25, 0.3) is 0 Å². The molecule has 1 fully saturated rings. The highest BCUT2D eigenvalue weighted by Gasteiger charge is 2.34. The molecule has 0 spiro atoms. The molecule has 0 unspecified atom stereocenters. The van der Waals surface area contributed by atoms with Crippen molar-refractivity contribution in [2.45, 2.75) is 12.8 Å². The third-order valence-corrected chi connectivity index (χ3v) is 4.90. The average Bonchev–Trinajstić information content (AvgIpc) is 3.21. The summed E-state index contributed by atoms with van der Waals surface area (Å²) >= 11 is 0. The minimum atomic E-state index is -0.199. The predicted molar refractivity (Wildman–Crippen MR) is 94.8 cm³/mol. The highest BCUT2D eigenvalue weighted by Crippen LogP contribution is 2.32. The van der Waals surface area contributed by atoms with E-state index in [4.69, 9.17) is 4.42 Å². The Morgan fingerprint density at radius 1 is 1.08 bits per heavy atom. The first-order chi connectivity index (χ1) is 12.6. The van der Waals surface area contributed by atoms with Crippen LogP contribution in [0.2, 0.25) is 0 Å². The summed E-state index contributed by atoms with van der Waals surface area (Å²) in [5, 5.41) is 2.79. The fourth-order valence-electron chi connectivity index (χ4n) is 3.54. The first kappa shape index (κ1) is 16.4. The quantitative estimate of drug-likeness (QED) is 0.896. The number of rotatable bonds is 2. The number of piperidine rings is 1. The molecule has 2 aliphatic rings. The minimum absolute atomic E-state index is 0.0292. The first-order valence-electron chi connectivity index (χ1n) is 8.66. The van der Waals surface area contributed by atoms with Gasteiger partial charge in [-0.2, -0.15) is 0 Å². The standard InChI is InChI=1S/C19H19N3O4/c23-17-12-22(15-5-2-1-4-14(15)20-17)18(24)13-7-9-21(10-8-13)19(25)16-6-3-11-26-16/h1-6,11,13H,7-10,12H2,(H,20,23). The molecule has 2 aliphatic heterocycles. The molecule has 0 aliphatic carbocycles. The van der Waals surface area contributed by atoms with Crippen molar-refractivity contribution in [3.8, 4) is 0 Å². The van der Waals surface area contributed by atoms with Gasteiger partial charge in [0, 0.05) is 19.0 Å². The predicted octanol–water partition coefficient (Wildman–Crippen LogP) is 2.12. The first-order valence-corrected chi connectivity index (χ1v) is 8.66. The van der Waals surface area contributed by atoms with Gasteiger partial charge in [0.1, 0.15) is 6.54 Å². The number of nitrogens with zero attached hydrogens (tertiary/aromatic N) is 2. The number of carbonyl (C=O) groups excluding carboxylic acids is 3. The van der Waals surface area contributed by atoms with E-state index in [1.807, 2.05) is 18.2 Å². The van der Waals surface area contributed by atoms with Crippen molar-refractivity contribution in [1.82, 2.24) is 4.90 Å². The van der Waals surface area contributed by atoms with Crippen molar-refractivity contribution in [3.63, 3.8) is 0 Å². The number of likely N-dealkylation sites (tertiary alicyclic amines) is 1. The van der Waals surface area contributed by atoms with Gasteiger partial charge >= 0.3 is 0 Å². The Kier molecular flexibility index (Phi) is 4.20. The maximum atomic E-state index is 13.0. The largest absolute Gasteiger partial charge is 0.459 e. The van der Waals surface area contributed by atoms with Gasteiger partial charge in [-0.1, -0.05) is 12.1 Å². The topological polar surface area (TPSA) is 82.9 Å². The Bertz CT molecular complexity index is 838. The summed E-state index contributed by atoms with van der Waals surface area (Å²) in [5.41, 5.74) is 1.38. The number of nitrogens with one attached hydrogen (secondary N) is 1. The molecule has 4 rings (SSSR count). The zero-order valence-corrected chi connectivity index (χ0v) is 14.2. The summed E-state index contributed by atoms with van der Waals surface area (Å²) in [6.45, 7) is 1.02. The Hall–Kier alpha value is -3.09. The molecule has 0 saturated carbocycles. The molecule has 0 bridgehead atoms. The highest BCUT2D eigenvalue weighted by molar-refractivity contribution is 6.10. The van der Waals surface area contributed by atoms with Crippen LogP contribution in [0.15, 0.2) is 47.1 Å². The minimum Gasteiger partial charge on any atom is -0.459 e. The van der Waals surface area contributed by atoms with Gasteiger partial charge in [0.15, 0.2) is 5.76 Å². The smallest absolute Gasteiger partial charge is 0.289 e. The van der Waals surface area contributed by atoms with E-state index in [0.29, 0.717) is 37.4 Å². The van der Waals surface area contributed by atoms with Gasteiger partial charge in [-0.05, 0) is 37.1 Å². The second-order valence-electron chi connectivity index (χ2n) is 6.53. The average molecular weight is 353 g/mol. The molecule has 1 aromatic carbocycles. The molecule has 1 aromatic heterocycles. The highest BCUT2D eigenvalue weighted by atomic mass is 16.3. The Morgan fingerprint density at radius 2 is 1.85 bits per heavy atom. The van der Waals surface area contributed by atoms with Crippen LogP contribution in [0.4, 0.5) is 11.4 Å². The normalized spacial score (nSPS) is 17.6. The summed E-state index contributed by atoms with van der Waals surface area (Å²) < 4.78 is 5.16. The Morgan fingerprint density at radius 3 is 2.58 bits per heavy atom.